The minimum absolute atomic E-state index is 0.241. The van der Waals surface area contributed by atoms with Crippen LogP contribution in [0.1, 0.15) is 22.1 Å². The third kappa shape index (κ3) is 3.98. The van der Waals surface area contributed by atoms with Crippen molar-refractivity contribution in [2.75, 3.05) is 0 Å². The molecular weight excluding hydrogens is 357 g/mol. The predicted molar refractivity (Wildman–Crippen MR) is 103 cm³/mol. The Balaban J connectivity index is 1.53. The summed E-state index contributed by atoms with van der Waals surface area (Å²) in [6, 6.07) is 17.3. The minimum atomic E-state index is -0.296. The van der Waals surface area contributed by atoms with Crippen LogP contribution in [0.3, 0.4) is 0 Å². The molecule has 1 amide bonds. The Kier molecular flexibility index (Phi) is 4.97. The highest BCUT2D eigenvalue weighted by molar-refractivity contribution is 5.94. The van der Waals surface area contributed by atoms with Crippen LogP contribution in [-0.2, 0) is 6.54 Å². The number of hydrogen-bond donors (Lipinski definition) is 2. The van der Waals surface area contributed by atoms with Gasteiger partial charge in [-0.3, -0.25) is 4.79 Å². The number of halogens is 1. The number of H-pyrrole nitrogens is 1. The lowest BCUT2D eigenvalue weighted by Crippen LogP contribution is -2.32. The first-order valence-electron chi connectivity index (χ1n) is 8.83. The molecule has 4 rings (SSSR count). The van der Waals surface area contributed by atoms with Gasteiger partial charge in [-0.1, -0.05) is 42.5 Å². The molecule has 1 atom stereocenters. The lowest BCUT2D eigenvalue weighted by atomic mass is 10.1. The first kappa shape index (κ1) is 17.7. The quantitative estimate of drug-likeness (QED) is 0.541. The molecule has 0 saturated heterocycles. The maximum absolute atomic E-state index is 13.1. The summed E-state index contributed by atoms with van der Waals surface area (Å²) in [6.45, 7) is 0.411. The summed E-state index contributed by atoms with van der Waals surface area (Å²) < 4.78 is 13.1. The molecular formula is C21H18FN5O. The van der Waals surface area contributed by atoms with Crippen molar-refractivity contribution in [2.24, 2.45) is 0 Å². The molecule has 7 heteroatoms. The van der Waals surface area contributed by atoms with Crippen molar-refractivity contribution >= 4 is 5.91 Å². The van der Waals surface area contributed by atoms with E-state index in [1.807, 2.05) is 30.3 Å². The predicted octanol–water partition coefficient (Wildman–Crippen LogP) is 3.58. The highest BCUT2D eigenvalue weighted by Crippen LogP contribution is 2.21. The third-order valence-electron chi connectivity index (χ3n) is 4.42. The Morgan fingerprint density at radius 3 is 2.46 bits per heavy atom. The molecule has 2 aromatic heterocycles. The number of rotatable bonds is 6. The number of benzene rings is 2. The average molecular weight is 375 g/mol. The van der Waals surface area contributed by atoms with E-state index in [1.165, 1.54) is 16.9 Å². The van der Waals surface area contributed by atoms with E-state index in [-0.39, 0.29) is 17.8 Å². The summed E-state index contributed by atoms with van der Waals surface area (Å²) in [7, 11) is 0. The van der Waals surface area contributed by atoms with Gasteiger partial charge >= 0.3 is 0 Å². The first-order chi connectivity index (χ1) is 13.7. The number of carbonyl (C=O) groups excluding carboxylic acids is 1. The summed E-state index contributed by atoms with van der Waals surface area (Å²) in [4.78, 5) is 17.3. The van der Waals surface area contributed by atoms with Gasteiger partial charge < -0.3 is 10.3 Å². The van der Waals surface area contributed by atoms with Crippen molar-refractivity contribution in [3.63, 3.8) is 0 Å². The van der Waals surface area contributed by atoms with E-state index in [0.717, 1.165) is 16.7 Å². The highest BCUT2D eigenvalue weighted by Gasteiger charge is 2.18. The van der Waals surface area contributed by atoms with E-state index in [2.05, 4.69) is 20.5 Å². The molecule has 2 N–H and O–H groups in total. The highest BCUT2D eigenvalue weighted by atomic mass is 19.1. The van der Waals surface area contributed by atoms with Crippen LogP contribution in [0.15, 0.2) is 79.3 Å². The Morgan fingerprint density at radius 2 is 1.75 bits per heavy atom. The van der Waals surface area contributed by atoms with E-state index in [1.54, 1.807) is 36.8 Å². The van der Waals surface area contributed by atoms with Crippen molar-refractivity contribution in [2.45, 2.75) is 12.6 Å². The largest absolute Gasteiger partial charge is 0.357 e. The van der Waals surface area contributed by atoms with Crippen LogP contribution >= 0.6 is 0 Å². The SMILES string of the molecule is O=C(NC(Cn1nccn1)c1ccccc1)c1cc(-c2ccc(F)cc2)c[nH]1. The third-order valence-corrected chi connectivity index (χ3v) is 4.42. The Hall–Kier alpha value is -3.74. The van der Waals surface area contributed by atoms with Crippen molar-refractivity contribution in [1.29, 1.82) is 0 Å². The van der Waals surface area contributed by atoms with Gasteiger partial charge in [0, 0.05) is 6.20 Å². The van der Waals surface area contributed by atoms with Crippen molar-refractivity contribution in [3.8, 4) is 11.1 Å². The van der Waals surface area contributed by atoms with Gasteiger partial charge in [0.2, 0.25) is 0 Å². The molecule has 0 aliphatic rings. The smallest absolute Gasteiger partial charge is 0.268 e. The molecule has 0 radical (unpaired) electrons. The number of aromatic nitrogens is 4. The molecule has 6 nitrogen and oxygen atoms in total. The second kappa shape index (κ2) is 7.87. The lowest BCUT2D eigenvalue weighted by Gasteiger charge is -2.18. The molecule has 0 fully saturated rings. The fourth-order valence-electron chi connectivity index (χ4n) is 2.99. The van der Waals surface area contributed by atoms with Gasteiger partial charge in [-0.25, -0.2) is 4.39 Å². The molecule has 140 valence electrons. The normalized spacial score (nSPS) is 11.9. The standard InChI is InChI=1S/C21H18FN5O/c22-18-8-6-15(7-9-18)17-12-19(23-13-17)21(28)26-20(14-27-24-10-11-25-27)16-4-2-1-3-5-16/h1-13,20,23H,14H2,(H,26,28). The topological polar surface area (TPSA) is 75.6 Å². The van der Waals surface area contributed by atoms with E-state index >= 15 is 0 Å². The van der Waals surface area contributed by atoms with Gasteiger partial charge in [-0.15, -0.1) is 0 Å². The molecule has 2 aromatic carbocycles. The average Bonchev–Trinajstić information content (AvgIpc) is 3.41. The monoisotopic (exact) mass is 375 g/mol. The van der Waals surface area contributed by atoms with E-state index < -0.39 is 0 Å². The molecule has 0 aliphatic heterocycles. The van der Waals surface area contributed by atoms with Gasteiger partial charge in [-0.2, -0.15) is 15.0 Å². The number of nitrogens with one attached hydrogen (secondary N) is 2. The van der Waals surface area contributed by atoms with Crippen LogP contribution in [0.5, 0.6) is 0 Å². The molecule has 1 unspecified atom stereocenters. The molecule has 0 spiro atoms. The number of nitrogens with zero attached hydrogens (tertiary/aromatic N) is 3. The summed E-state index contributed by atoms with van der Waals surface area (Å²) in [5, 5.41) is 11.3. The lowest BCUT2D eigenvalue weighted by molar-refractivity contribution is 0.0926. The van der Waals surface area contributed by atoms with Gasteiger partial charge in [-0.05, 0) is 34.9 Å². The van der Waals surface area contributed by atoms with Gasteiger partial charge in [0.05, 0.1) is 25.0 Å². The number of amides is 1. The van der Waals surface area contributed by atoms with Crippen LogP contribution in [0, 0.1) is 5.82 Å². The fourth-order valence-corrected chi connectivity index (χ4v) is 2.99. The molecule has 0 bridgehead atoms. The Bertz CT molecular complexity index is 1040. The van der Waals surface area contributed by atoms with E-state index in [9.17, 15) is 9.18 Å². The van der Waals surface area contributed by atoms with Gasteiger partial charge in [0.15, 0.2) is 0 Å². The molecule has 0 aliphatic carbocycles. The Morgan fingerprint density at radius 1 is 1.04 bits per heavy atom. The van der Waals surface area contributed by atoms with Crippen LogP contribution in [0.2, 0.25) is 0 Å². The van der Waals surface area contributed by atoms with Crippen LogP contribution in [0.25, 0.3) is 11.1 Å². The van der Waals surface area contributed by atoms with Crippen LogP contribution < -0.4 is 5.32 Å². The number of carbonyl (C=O) groups is 1. The fraction of sp³-hybridized carbons (Fsp3) is 0.0952. The van der Waals surface area contributed by atoms with E-state index in [0.29, 0.717) is 12.2 Å². The van der Waals surface area contributed by atoms with Gasteiger partial charge in [0.25, 0.3) is 5.91 Å². The zero-order chi connectivity index (χ0) is 19.3. The molecule has 0 saturated carbocycles. The first-order valence-corrected chi connectivity index (χ1v) is 8.83. The molecule has 2 heterocycles. The molecule has 28 heavy (non-hydrogen) atoms. The second-order valence-electron chi connectivity index (χ2n) is 6.33. The van der Waals surface area contributed by atoms with Crippen molar-refractivity contribution in [3.05, 3.63) is 96.3 Å². The maximum atomic E-state index is 13.1. The van der Waals surface area contributed by atoms with Crippen LogP contribution in [0.4, 0.5) is 4.39 Å². The van der Waals surface area contributed by atoms with E-state index in [4.69, 9.17) is 0 Å². The maximum Gasteiger partial charge on any atom is 0.268 e. The molecule has 4 aromatic rings. The summed E-state index contributed by atoms with van der Waals surface area (Å²) >= 11 is 0. The number of hydrogen-bond acceptors (Lipinski definition) is 3. The van der Waals surface area contributed by atoms with Crippen LogP contribution in [-0.4, -0.2) is 25.9 Å². The summed E-state index contributed by atoms with van der Waals surface area (Å²) in [5.74, 6) is -0.537. The summed E-state index contributed by atoms with van der Waals surface area (Å²) in [6.07, 6.45) is 4.93. The Labute approximate surface area is 161 Å². The second-order valence-corrected chi connectivity index (χ2v) is 6.33. The zero-order valence-corrected chi connectivity index (χ0v) is 14.9. The van der Waals surface area contributed by atoms with Crippen molar-refractivity contribution < 1.29 is 9.18 Å². The number of aromatic amines is 1. The summed E-state index contributed by atoms with van der Waals surface area (Å²) in [5.41, 5.74) is 3.03. The zero-order valence-electron chi connectivity index (χ0n) is 14.9. The van der Waals surface area contributed by atoms with Crippen molar-refractivity contribution in [1.82, 2.24) is 25.3 Å². The minimum Gasteiger partial charge on any atom is -0.357 e. The van der Waals surface area contributed by atoms with Gasteiger partial charge in [0.1, 0.15) is 11.5 Å².